The Morgan fingerprint density at radius 3 is 2.33 bits per heavy atom. The Kier molecular flexibility index (Phi) is 2.12. The zero-order chi connectivity index (χ0) is 9.35. The minimum absolute atomic E-state index is 0.546. The van der Waals surface area contributed by atoms with Crippen LogP contribution in [-0.4, -0.2) is 4.57 Å². The molecule has 0 saturated heterocycles. The lowest BCUT2D eigenvalue weighted by molar-refractivity contribution is -0.693. The Labute approximate surface area is 68.2 Å². The van der Waals surface area contributed by atoms with Crippen molar-refractivity contribution in [3.05, 3.63) is 18.2 Å². The highest BCUT2D eigenvalue weighted by Gasteiger charge is 2.39. The van der Waals surface area contributed by atoms with E-state index in [1.807, 2.05) is 0 Å². The fourth-order valence-corrected chi connectivity index (χ4v) is 1.01. The number of hydrogen-bond donors (Lipinski definition) is 0. The van der Waals surface area contributed by atoms with Crippen LogP contribution < -0.4 is 4.57 Å². The van der Waals surface area contributed by atoms with Crippen LogP contribution in [0.25, 0.3) is 0 Å². The fraction of sp³-hybridized carbons (Fsp3) is 0.571. The standard InChI is InChI=1S/C7H10F3N2/c1-3-12-4-6(7(8,9)10)11(2)5-12/h4-5H,3H2,1-2H3/q+1. The third kappa shape index (κ3) is 1.60. The van der Waals surface area contributed by atoms with Gasteiger partial charge >= 0.3 is 6.18 Å². The Morgan fingerprint density at radius 2 is 2.08 bits per heavy atom. The number of rotatable bonds is 1. The Hall–Kier alpha value is -1.00. The first-order chi connectivity index (χ1) is 5.45. The highest BCUT2D eigenvalue weighted by Crippen LogP contribution is 2.27. The number of alkyl halides is 3. The zero-order valence-corrected chi connectivity index (χ0v) is 6.89. The van der Waals surface area contributed by atoms with Gasteiger partial charge in [0.2, 0.25) is 12.0 Å². The molecule has 68 valence electrons. The molecule has 0 aliphatic heterocycles. The molecule has 1 aromatic heterocycles. The van der Waals surface area contributed by atoms with E-state index in [1.165, 1.54) is 17.9 Å². The van der Waals surface area contributed by atoms with Crippen molar-refractivity contribution in [2.24, 2.45) is 7.05 Å². The van der Waals surface area contributed by atoms with Crippen molar-refractivity contribution < 1.29 is 17.7 Å². The molecule has 0 unspecified atom stereocenters. The lowest BCUT2D eigenvalue weighted by Crippen LogP contribution is -2.29. The van der Waals surface area contributed by atoms with Crippen molar-refractivity contribution in [1.82, 2.24) is 4.57 Å². The Morgan fingerprint density at radius 1 is 1.50 bits per heavy atom. The fourth-order valence-electron chi connectivity index (χ4n) is 1.01. The van der Waals surface area contributed by atoms with Gasteiger partial charge in [0.25, 0.3) is 0 Å². The van der Waals surface area contributed by atoms with Gasteiger partial charge in [-0.25, -0.2) is 9.13 Å². The summed E-state index contributed by atoms with van der Waals surface area (Å²) < 4.78 is 39.1. The second kappa shape index (κ2) is 2.80. The summed E-state index contributed by atoms with van der Waals surface area (Å²) >= 11 is 0. The largest absolute Gasteiger partial charge is 0.457 e. The molecule has 1 heterocycles. The van der Waals surface area contributed by atoms with Gasteiger partial charge < -0.3 is 0 Å². The van der Waals surface area contributed by atoms with E-state index in [9.17, 15) is 13.2 Å². The van der Waals surface area contributed by atoms with Crippen molar-refractivity contribution in [3.63, 3.8) is 0 Å². The second-order valence-electron chi connectivity index (χ2n) is 2.57. The van der Waals surface area contributed by atoms with Crippen molar-refractivity contribution >= 4 is 0 Å². The third-order valence-corrected chi connectivity index (χ3v) is 1.65. The molecule has 0 amide bonds. The van der Waals surface area contributed by atoms with Gasteiger partial charge in [0.15, 0.2) is 0 Å². The predicted molar refractivity (Wildman–Crippen MR) is 36.3 cm³/mol. The van der Waals surface area contributed by atoms with Gasteiger partial charge in [0.05, 0.1) is 13.6 Å². The normalized spacial score (nSPS) is 12.1. The van der Waals surface area contributed by atoms with Crippen molar-refractivity contribution in [2.75, 3.05) is 0 Å². The van der Waals surface area contributed by atoms with Crippen LogP contribution in [0, 0.1) is 0 Å². The summed E-state index contributed by atoms with van der Waals surface area (Å²) in [5.74, 6) is 0. The van der Waals surface area contributed by atoms with Crippen molar-refractivity contribution in [2.45, 2.75) is 19.6 Å². The first kappa shape index (κ1) is 9.09. The Balaban J connectivity index is 3.08. The molecule has 1 aromatic rings. The van der Waals surface area contributed by atoms with Crippen LogP contribution in [0.5, 0.6) is 0 Å². The van der Waals surface area contributed by atoms with Crippen molar-refractivity contribution in [3.8, 4) is 0 Å². The van der Waals surface area contributed by atoms with Crippen LogP contribution in [0.15, 0.2) is 12.5 Å². The predicted octanol–water partition coefficient (Wildman–Crippen LogP) is 1.35. The smallest absolute Gasteiger partial charge is 0.236 e. The van der Waals surface area contributed by atoms with Gasteiger partial charge in [0, 0.05) is 0 Å². The van der Waals surface area contributed by atoms with Crippen LogP contribution in [0.3, 0.4) is 0 Å². The summed E-state index contributed by atoms with van der Waals surface area (Å²) in [5, 5.41) is 0. The maximum absolute atomic E-state index is 12.2. The second-order valence-corrected chi connectivity index (χ2v) is 2.57. The summed E-state index contributed by atoms with van der Waals surface area (Å²) in [6.07, 6.45) is -1.74. The molecule has 0 aliphatic carbocycles. The van der Waals surface area contributed by atoms with Gasteiger partial charge in [-0.1, -0.05) is 0 Å². The van der Waals surface area contributed by atoms with Gasteiger partial charge in [0.1, 0.15) is 6.20 Å². The van der Waals surface area contributed by atoms with Gasteiger partial charge in [-0.3, -0.25) is 0 Å². The molecule has 12 heavy (non-hydrogen) atoms. The van der Waals surface area contributed by atoms with Crippen LogP contribution in [0.2, 0.25) is 0 Å². The molecule has 0 aliphatic rings. The maximum atomic E-state index is 12.2. The summed E-state index contributed by atoms with van der Waals surface area (Å²) in [5.41, 5.74) is -0.621. The Bertz CT molecular complexity index is 275. The molecule has 0 fully saturated rings. The van der Waals surface area contributed by atoms with Crippen LogP contribution in [-0.2, 0) is 19.8 Å². The van der Waals surface area contributed by atoms with E-state index in [0.717, 1.165) is 10.8 Å². The first-order valence-electron chi connectivity index (χ1n) is 3.57. The average Bonchev–Trinajstić information content (AvgIpc) is 2.29. The van der Waals surface area contributed by atoms with Crippen LogP contribution in [0.4, 0.5) is 13.2 Å². The van der Waals surface area contributed by atoms with E-state index >= 15 is 0 Å². The quantitative estimate of drug-likeness (QED) is 0.575. The molecular formula is C7H10F3N2+. The first-order valence-corrected chi connectivity index (χ1v) is 3.57. The number of imidazole rings is 1. The molecule has 0 radical (unpaired) electrons. The molecule has 1 rings (SSSR count). The minimum atomic E-state index is -4.25. The monoisotopic (exact) mass is 179 g/mol. The summed E-state index contributed by atoms with van der Waals surface area (Å²) in [4.78, 5) is 0. The maximum Gasteiger partial charge on any atom is 0.457 e. The molecule has 0 bridgehead atoms. The lowest BCUT2D eigenvalue weighted by atomic mass is 10.4. The minimum Gasteiger partial charge on any atom is -0.236 e. The summed E-state index contributed by atoms with van der Waals surface area (Å²) in [6, 6.07) is 0. The molecule has 0 N–H and O–H groups in total. The van der Waals surface area contributed by atoms with E-state index < -0.39 is 11.9 Å². The molecular weight excluding hydrogens is 169 g/mol. The number of aryl methyl sites for hydroxylation is 2. The topological polar surface area (TPSA) is 8.81 Å². The molecule has 0 saturated carbocycles. The lowest BCUT2D eigenvalue weighted by Gasteiger charge is -1.99. The molecule has 2 nitrogen and oxygen atoms in total. The summed E-state index contributed by atoms with van der Waals surface area (Å²) in [7, 11) is 1.38. The van der Waals surface area contributed by atoms with Crippen LogP contribution >= 0.6 is 0 Å². The van der Waals surface area contributed by atoms with E-state index in [-0.39, 0.29) is 0 Å². The van der Waals surface area contributed by atoms with Crippen molar-refractivity contribution in [1.29, 1.82) is 0 Å². The highest BCUT2D eigenvalue weighted by molar-refractivity contribution is 4.98. The molecule has 0 aromatic carbocycles. The number of hydrogen-bond acceptors (Lipinski definition) is 0. The molecule has 5 heteroatoms. The number of halogens is 3. The third-order valence-electron chi connectivity index (χ3n) is 1.65. The van der Waals surface area contributed by atoms with E-state index in [1.54, 1.807) is 6.92 Å². The number of nitrogens with zero attached hydrogens (tertiary/aromatic N) is 2. The van der Waals surface area contributed by atoms with Crippen LogP contribution in [0.1, 0.15) is 12.6 Å². The SMILES string of the molecule is CC[n+]1cc(C(F)(F)F)n(C)c1. The van der Waals surface area contributed by atoms with Gasteiger partial charge in [-0.2, -0.15) is 13.2 Å². The van der Waals surface area contributed by atoms with Gasteiger partial charge in [-0.05, 0) is 6.92 Å². The zero-order valence-electron chi connectivity index (χ0n) is 6.89. The highest BCUT2D eigenvalue weighted by atomic mass is 19.4. The van der Waals surface area contributed by atoms with E-state index in [4.69, 9.17) is 0 Å². The van der Waals surface area contributed by atoms with Gasteiger partial charge in [-0.15, -0.1) is 0 Å². The van der Waals surface area contributed by atoms with E-state index in [0.29, 0.717) is 6.54 Å². The van der Waals surface area contributed by atoms with E-state index in [2.05, 4.69) is 0 Å². The molecule has 0 spiro atoms. The average molecular weight is 179 g/mol. The number of aromatic nitrogens is 2. The molecule has 0 atom stereocenters. The summed E-state index contributed by atoms with van der Waals surface area (Å²) in [6.45, 7) is 2.34.